The summed E-state index contributed by atoms with van der Waals surface area (Å²) >= 11 is 0. The number of carbonyl (C=O) groups is 1. The number of aryl methyl sites for hydroxylation is 3. The van der Waals surface area contributed by atoms with Crippen LogP contribution in [0.3, 0.4) is 0 Å². The fraction of sp³-hybridized carbons (Fsp3) is 0.321. The Morgan fingerprint density at radius 3 is 2.89 bits per heavy atom. The van der Waals surface area contributed by atoms with Crippen LogP contribution in [0, 0.1) is 0 Å². The molecule has 1 N–H and O–H groups in total. The average molecular weight is 497 g/mol. The minimum absolute atomic E-state index is 0.122. The zero-order valence-corrected chi connectivity index (χ0v) is 20.7. The first-order valence-electron chi connectivity index (χ1n) is 12.6. The standard InChI is InChI=1S/C28H28N6O3/c1-33-17-25-24(32-33)13-20(15-29-25)27(14-28(35)36)34-26-9-8-22(12-19(26)16-30-34)37-11-10-21-7-6-18-4-2-3-5-23(18)31-21/h6-9,12-13,15-17,27H,2-5,10-11,14H2,1H3,(H,35,36). The highest BCUT2D eigenvalue weighted by molar-refractivity contribution is 5.81. The van der Waals surface area contributed by atoms with Gasteiger partial charge in [0.05, 0.1) is 37.0 Å². The zero-order valence-electron chi connectivity index (χ0n) is 20.7. The lowest BCUT2D eigenvalue weighted by atomic mass is 9.96. The maximum atomic E-state index is 11.7. The van der Waals surface area contributed by atoms with E-state index in [4.69, 9.17) is 9.72 Å². The zero-order chi connectivity index (χ0) is 25.4. The van der Waals surface area contributed by atoms with Crippen molar-refractivity contribution in [3.8, 4) is 5.75 Å². The summed E-state index contributed by atoms with van der Waals surface area (Å²) in [7, 11) is 1.83. The Kier molecular flexibility index (Phi) is 6.04. The minimum Gasteiger partial charge on any atom is -0.493 e. The van der Waals surface area contributed by atoms with Crippen molar-refractivity contribution in [2.45, 2.75) is 44.6 Å². The molecule has 0 spiro atoms. The number of benzene rings is 1. The van der Waals surface area contributed by atoms with E-state index in [2.05, 4.69) is 27.3 Å². The topological polar surface area (TPSA) is 108 Å². The molecule has 4 heterocycles. The second-order valence-corrected chi connectivity index (χ2v) is 9.61. The first-order valence-corrected chi connectivity index (χ1v) is 12.6. The molecule has 0 fully saturated rings. The first kappa shape index (κ1) is 23.1. The van der Waals surface area contributed by atoms with Gasteiger partial charge in [-0.25, -0.2) is 0 Å². The highest BCUT2D eigenvalue weighted by Crippen LogP contribution is 2.29. The summed E-state index contributed by atoms with van der Waals surface area (Å²) in [6.45, 7) is 0.531. The van der Waals surface area contributed by atoms with Crippen molar-refractivity contribution in [2.75, 3.05) is 6.61 Å². The SMILES string of the molecule is Cn1cc2ncc(C(CC(=O)O)n3ncc4cc(OCCc5ccc6c(n5)CCCC6)ccc43)cc2n1. The molecule has 9 nitrogen and oxygen atoms in total. The molecule has 1 aliphatic carbocycles. The van der Waals surface area contributed by atoms with E-state index in [1.807, 2.05) is 37.5 Å². The summed E-state index contributed by atoms with van der Waals surface area (Å²) in [5.74, 6) is -0.165. The lowest BCUT2D eigenvalue weighted by molar-refractivity contribution is -0.137. The highest BCUT2D eigenvalue weighted by atomic mass is 16.5. The van der Waals surface area contributed by atoms with Gasteiger partial charge in [-0.3, -0.25) is 24.1 Å². The van der Waals surface area contributed by atoms with Crippen LogP contribution in [-0.4, -0.2) is 47.2 Å². The number of aromatic nitrogens is 6. The number of fused-ring (bicyclic) bond motifs is 3. The van der Waals surface area contributed by atoms with Gasteiger partial charge in [0.1, 0.15) is 16.8 Å². The van der Waals surface area contributed by atoms with Gasteiger partial charge >= 0.3 is 5.97 Å². The molecular formula is C28H28N6O3. The van der Waals surface area contributed by atoms with Gasteiger partial charge in [-0.1, -0.05) is 6.07 Å². The van der Waals surface area contributed by atoms with E-state index >= 15 is 0 Å². The van der Waals surface area contributed by atoms with Crippen LogP contribution in [0.1, 0.15) is 47.8 Å². The lowest BCUT2D eigenvalue weighted by Gasteiger charge is -2.17. The van der Waals surface area contributed by atoms with Gasteiger partial charge in [0.25, 0.3) is 0 Å². The van der Waals surface area contributed by atoms with E-state index in [0.29, 0.717) is 6.61 Å². The van der Waals surface area contributed by atoms with Crippen molar-refractivity contribution in [3.63, 3.8) is 0 Å². The van der Waals surface area contributed by atoms with Gasteiger partial charge in [-0.15, -0.1) is 0 Å². The van der Waals surface area contributed by atoms with Crippen molar-refractivity contribution in [2.24, 2.45) is 7.05 Å². The summed E-state index contributed by atoms with van der Waals surface area (Å²) in [4.78, 5) is 21.1. The third-order valence-electron chi connectivity index (χ3n) is 6.97. The molecule has 0 amide bonds. The normalized spacial score (nSPS) is 14.1. The Labute approximate surface area is 213 Å². The summed E-state index contributed by atoms with van der Waals surface area (Å²) in [5, 5.41) is 19.5. The van der Waals surface area contributed by atoms with Crippen molar-refractivity contribution in [1.29, 1.82) is 0 Å². The number of pyridine rings is 2. The summed E-state index contributed by atoms with van der Waals surface area (Å²) < 4.78 is 9.48. The molecule has 5 aromatic rings. The van der Waals surface area contributed by atoms with Gasteiger partial charge in [0.2, 0.25) is 0 Å². The maximum Gasteiger partial charge on any atom is 0.305 e. The maximum absolute atomic E-state index is 11.7. The van der Waals surface area contributed by atoms with Crippen molar-refractivity contribution < 1.29 is 14.6 Å². The third-order valence-corrected chi connectivity index (χ3v) is 6.97. The molecule has 0 aliphatic heterocycles. The Morgan fingerprint density at radius 2 is 2.00 bits per heavy atom. The number of hydrogen-bond acceptors (Lipinski definition) is 6. The van der Waals surface area contributed by atoms with Crippen molar-refractivity contribution >= 4 is 27.9 Å². The second kappa shape index (κ2) is 9.65. The second-order valence-electron chi connectivity index (χ2n) is 9.61. The average Bonchev–Trinajstić information content (AvgIpc) is 3.48. The van der Waals surface area contributed by atoms with E-state index < -0.39 is 12.0 Å². The van der Waals surface area contributed by atoms with Crippen LogP contribution in [0.4, 0.5) is 0 Å². The van der Waals surface area contributed by atoms with Crippen molar-refractivity contribution in [3.05, 3.63) is 77.5 Å². The van der Waals surface area contributed by atoms with Gasteiger partial charge in [-0.05, 0) is 67.1 Å². The molecule has 0 saturated heterocycles. The largest absolute Gasteiger partial charge is 0.493 e. The molecule has 9 heteroatoms. The Morgan fingerprint density at radius 1 is 1.11 bits per heavy atom. The Balaban J connectivity index is 1.21. The van der Waals surface area contributed by atoms with E-state index in [9.17, 15) is 9.90 Å². The lowest BCUT2D eigenvalue weighted by Crippen LogP contribution is -2.16. The van der Waals surface area contributed by atoms with Crippen molar-refractivity contribution in [1.82, 2.24) is 29.5 Å². The predicted octanol–water partition coefficient (Wildman–Crippen LogP) is 4.28. The van der Waals surface area contributed by atoms with Gasteiger partial charge < -0.3 is 9.84 Å². The molecule has 6 rings (SSSR count). The number of nitrogens with zero attached hydrogens (tertiary/aromatic N) is 6. The van der Waals surface area contributed by atoms with Gasteiger partial charge in [0, 0.05) is 36.4 Å². The van der Waals surface area contributed by atoms with Gasteiger partial charge in [-0.2, -0.15) is 10.2 Å². The highest BCUT2D eigenvalue weighted by Gasteiger charge is 2.22. The number of carboxylic acid groups (broad SMARTS) is 1. The molecule has 0 radical (unpaired) electrons. The van der Waals surface area contributed by atoms with E-state index in [0.717, 1.165) is 58.2 Å². The number of hydrogen-bond donors (Lipinski definition) is 1. The van der Waals surface area contributed by atoms with E-state index in [-0.39, 0.29) is 6.42 Å². The number of ether oxygens (including phenoxy) is 1. The molecule has 1 atom stereocenters. The molecule has 1 aromatic carbocycles. The van der Waals surface area contributed by atoms with Crippen LogP contribution >= 0.6 is 0 Å². The molecule has 1 unspecified atom stereocenters. The molecule has 1 aliphatic rings. The van der Waals surface area contributed by atoms with Crippen LogP contribution in [0.2, 0.25) is 0 Å². The van der Waals surface area contributed by atoms with Crippen LogP contribution in [0.15, 0.2) is 55.0 Å². The number of rotatable bonds is 8. The minimum atomic E-state index is -0.912. The van der Waals surface area contributed by atoms with Crippen LogP contribution < -0.4 is 4.74 Å². The Hall–Kier alpha value is -4.27. The monoisotopic (exact) mass is 496 g/mol. The molecule has 4 aromatic heterocycles. The molecule has 188 valence electrons. The number of aliphatic carboxylic acids is 1. The Bertz CT molecular complexity index is 1600. The predicted molar refractivity (Wildman–Crippen MR) is 139 cm³/mol. The summed E-state index contributed by atoms with van der Waals surface area (Å²) in [5.41, 5.74) is 6.74. The van der Waals surface area contributed by atoms with E-state index in [1.54, 1.807) is 21.8 Å². The molecule has 37 heavy (non-hydrogen) atoms. The molecule has 0 saturated carbocycles. The fourth-order valence-electron chi connectivity index (χ4n) is 5.14. The molecular weight excluding hydrogens is 468 g/mol. The first-order chi connectivity index (χ1) is 18.0. The third kappa shape index (κ3) is 4.76. The van der Waals surface area contributed by atoms with Crippen LogP contribution in [0.5, 0.6) is 5.75 Å². The van der Waals surface area contributed by atoms with Gasteiger partial charge in [0.15, 0.2) is 0 Å². The molecule has 0 bridgehead atoms. The van der Waals surface area contributed by atoms with E-state index in [1.165, 1.54) is 24.1 Å². The summed E-state index contributed by atoms with van der Waals surface area (Å²) in [6.07, 6.45) is 10.6. The smallest absolute Gasteiger partial charge is 0.305 e. The summed E-state index contributed by atoms with van der Waals surface area (Å²) in [6, 6.07) is 11.5. The quantitative estimate of drug-likeness (QED) is 0.342. The van der Waals surface area contributed by atoms with Crippen LogP contribution in [0.25, 0.3) is 21.9 Å². The fourth-order valence-corrected chi connectivity index (χ4v) is 5.14. The van der Waals surface area contributed by atoms with Crippen LogP contribution in [-0.2, 0) is 31.1 Å². The number of carboxylic acids is 1.